The highest BCUT2D eigenvalue weighted by atomic mass is 32.2. The van der Waals surface area contributed by atoms with Crippen molar-refractivity contribution in [2.24, 2.45) is 0 Å². The first-order chi connectivity index (χ1) is 13.3. The highest BCUT2D eigenvalue weighted by Crippen LogP contribution is 2.19. The zero-order chi connectivity index (χ0) is 20.4. The van der Waals surface area contributed by atoms with Crippen LogP contribution in [-0.2, 0) is 11.2 Å². The molecular weight excluding hydrogens is 384 g/mol. The maximum absolute atomic E-state index is 13.4. The number of carbonyl (C=O) groups excluding carboxylic acids is 1. The number of fused-ring (bicyclic) bond motifs is 1. The Morgan fingerprint density at radius 3 is 2.68 bits per heavy atom. The first kappa shape index (κ1) is 20.2. The monoisotopic (exact) mass is 405 g/mol. The highest BCUT2D eigenvalue weighted by molar-refractivity contribution is 7.98. The second kappa shape index (κ2) is 8.22. The number of aromatic nitrogens is 4. The number of nitrogens with one attached hydrogen (secondary N) is 1. The Kier molecular flexibility index (Phi) is 5.93. The standard InChI is InChI=1S/C19H21F2N5OS/c1-10(13-5-7-15(20)16(21)9-13)22-17(27)8-6-14-11(2)23-18-24-19(28-4)25-26(18)12(14)3/h5,7,9-10H,6,8H2,1-4H3,(H,22,27)/t10-/m1/s1. The number of benzene rings is 1. The van der Waals surface area contributed by atoms with Gasteiger partial charge in [-0.2, -0.15) is 4.98 Å². The minimum absolute atomic E-state index is 0.181. The van der Waals surface area contributed by atoms with Crippen LogP contribution in [0.3, 0.4) is 0 Å². The average Bonchev–Trinajstić information content (AvgIpc) is 3.07. The van der Waals surface area contributed by atoms with Gasteiger partial charge in [0.05, 0.1) is 6.04 Å². The van der Waals surface area contributed by atoms with Gasteiger partial charge < -0.3 is 5.32 Å². The molecule has 1 amide bonds. The Balaban J connectivity index is 1.69. The number of thioether (sulfide) groups is 1. The molecule has 0 saturated heterocycles. The Hall–Kier alpha value is -2.55. The summed E-state index contributed by atoms with van der Waals surface area (Å²) in [6, 6.07) is 3.19. The Labute approximate surface area is 165 Å². The van der Waals surface area contributed by atoms with E-state index in [1.807, 2.05) is 20.1 Å². The molecule has 0 saturated carbocycles. The number of rotatable bonds is 6. The summed E-state index contributed by atoms with van der Waals surface area (Å²) in [5.41, 5.74) is 3.17. The van der Waals surface area contributed by atoms with Crippen molar-refractivity contribution in [2.75, 3.05) is 6.26 Å². The van der Waals surface area contributed by atoms with Gasteiger partial charge in [0.15, 0.2) is 11.6 Å². The van der Waals surface area contributed by atoms with E-state index in [4.69, 9.17) is 0 Å². The van der Waals surface area contributed by atoms with E-state index < -0.39 is 17.7 Å². The summed E-state index contributed by atoms with van der Waals surface area (Å²) < 4.78 is 28.1. The predicted octanol–water partition coefficient (Wildman–Crippen LogP) is 3.55. The molecule has 1 atom stereocenters. The molecular formula is C19H21F2N5OS. The average molecular weight is 405 g/mol. The number of halogens is 2. The maximum atomic E-state index is 13.4. The van der Waals surface area contributed by atoms with E-state index in [-0.39, 0.29) is 12.3 Å². The Morgan fingerprint density at radius 2 is 2.00 bits per heavy atom. The van der Waals surface area contributed by atoms with E-state index in [0.717, 1.165) is 29.1 Å². The molecule has 2 aromatic heterocycles. The van der Waals surface area contributed by atoms with Gasteiger partial charge in [0.1, 0.15) is 0 Å². The van der Waals surface area contributed by atoms with Gasteiger partial charge in [0.25, 0.3) is 5.78 Å². The third-order valence-corrected chi connectivity index (χ3v) is 5.17. The van der Waals surface area contributed by atoms with Crippen LogP contribution >= 0.6 is 11.8 Å². The fourth-order valence-electron chi connectivity index (χ4n) is 3.06. The van der Waals surface area contributed by atoms with Crippen molar-refractivity contribution in [1.82, 2.24) is 24.9 Å². The lowest BCUT2D eigenvalue weighted by molar-refractivity contribution is -0.121. The second-order valence-electron chi connectivity index (χ2n) is 6.53. The molecule has 0 aliphatic carbocycles. The second-order valence-corrected chi connectivity index (χ2v) is 7.31. The maximum Gasteiger partial charge on any atom is 0.253 e. The largest absolute Gasteiger partial charge is 0.350 e. The molecule has 28 heavy (non-hydrogen) atoms. The first-order valence-electron chi connectivity index (χ1n) is 8.81. The minimum atomic E-state index is -0.929. The van der Waals surface area contributed by atoms with Gasteiger partial charge in [0.2, 0.25) is 11.1 Å². The van der Waals surface area contributed by atoms with E-state index >= 15 is 0 Å². The molecule has 0 bridgehead atoms. The van der Waals surface area contributed by atoms with Crippen LogP contribution in [0.4, 0.5) is 8.78 Å². The summed E-state index contributed by atoms with van der Waals surface area (Å²) in [6.07, 6.45) is 2.63. The lowest BCUT2D eigenvalue weighted by Crippen LogP contribution is -2.27. The Bertz CT molecular complexity index is 1040. The molecule has 0 spiro atoms. The number of aryl methyl sites for hydroxylation is 2. The molecule has 1 aromatic carbocycles. The molecule has 0 aliphatic rings. The molecule has 3 aromatic rings. The molecule has 0 unspecified atom stereocenters. The van der Waals surface area contributed by atoms with Crippen LogP contribution in [0.2, 0.25) is 0 Å². The van der Waals surface area contributed by atoms with Crippen molar-refractivity contribution in [3.8, 4) is 0 Å². The van der Waals surface area contributed by atoms with E-state index in [1.165, 1.54) is 17.8 Å². The van der Waals surface area contributed by atoms with Gasteiger partial charge in [-0.1, -0.05) is 17.8 Å². The zero-order valence-corrected chi connectivity index (χ0v) is 16.9. The zero-order valence-electron chi connectivity index (χ0n) is 16.1. The van der Waals surface area contributed by atoms with Crippen LogP contribution in [0.25, 0.3) is 5.78 Å². The fourth-order valence-corrected chi connectivity index (χ4v) is 3.39. The van der Waals surface area contributed by atoms with Crippen LogP contribution in [0, 0.1) is 25.5 Å². The van der Waals surface area contributed by atoms with Gasteiger partial charge in [0, 0.05) is 17.8 Å². The lowest BCUT2D eigenvalue weighted by atomic mass is 10.1. The number of carbonyl (C=O) groups is 1. The minimum Gasteiger partial charge on any atom is -0.350 e. The topological polar surface area (TPSA) is 72.2 Å². The van der Waals surface area contributed by atoms with Crippen LogP contribution in [0.15, 0.2) is 23.4 Å². The first-order valence-corrected chi connectivity index (χ1v) is 10.0. The molecule has 1 N–H and O–H groups in total. The SMILES string of the molecule is CSc1nc2nc(C)c(CCC(=O)N[C@H](C)c3ccc(F)c(F)c3)c(C)n2n1. The molecule has 0 aliphatic heterocycles. The van der Waals surface area contributed by atoms with Crippen molar-refractivity contribution in [3.63, 3.8) is 0 Å². The van der Waals surface area contributed by atoms with Gasteiger partial charge >= 0.3 is 0 Å². The van der Waals surface area contributed by atoms with Crippen molar-refractivity contribution in [2.45, 2.75) is 44.8 Å². The third-order valence-electron chi connectivity index (χ3n) is 4.64. The number of hydrogen-bond acceptors (Lipinski definition) is 5. The van der Waals surface area contributed by atoms with Crippen LogP contribution in [0.5, 0.6) is 0 Å². The summed E-state index contributed by atoms with van der Waals surface area (Å²) in [6.45, 7) is 5.54. The molecule has 0 radical (unpaired) electrons. The number of hydrogen-bond donors (Lipinski definition) is 1. The smallest absolute Gasteiger partial charge is 0.253 e. The van der Waals surface area contributed by atoms with Crippen molar-refractivity contribution in [3.05, 3.63) is 52.3 Å². The molecule has 3 rings (SSSR count). The van der Waals surface area contributed by atoms with Crippen LogP contribution in [0.1, 0.15) is 41.9 Å². The third kappa shape index (κ3) is 4.14. The highest BCUT2D eigenvalue weighted by Gasteiger charge is 2.16. The predicted molar refractivity (Wildman–Crippen MR) is 103 cm³/mol. The molecule has 148 valence electrons. The number of amides is 1. The van der Waals surface area contributed by atoms with Crippen LogP contribution < -0.4 is 5.32 Å². The summed E-state index contributed by atoms with van der Waals surface area (Å²) in [5, 5.41) is 7.86. The molecule has 6 nitrogen and oxygen atoms in total. The van der Waals surface area contributed by atoms with Gasteiger partial charge in [-0.3, -0.25) is 4.79 Å². The normalized spacial score (nSPS) is 12.4. The summed E-state index contributed by atoms with van der Waals surface area (Å²) in [7, 11) is 0. The molecule has 2 heterocycles. The summed E-state index contributed by atoms with van der Waals surface area (Å²) in [4.78, 5) is 21.2. The fraction of sp³-hybridized carbons (Fsp3) is 0.368. The molecule has 0 fully saturated rings. The van der Waals surface area contributed by atoms with Gasteiger partial charge in [-0.05, 0) is 56.7 Å². The van der Waals surface area contributed by atoms with E-state index in [1.54, 1.807) is 11.4 Å². The van der Waals surface area contributed by atoms with E-state index in [0.29, 0.717) is 22.9 Å². The van der Waals surface area contributed by atoms with E-state index in [9.17, 15) is 13.6 Å². The van der Waals surface area contributed by atoms with E-state index in [2.05, 4.69) is 20.4 Å². The molecule has 9 heteroatoms. The van der Waals surface area contributed by atoms with Crippen molar-refractivity contribution in [1.29, 1.82) is 0 Å². The van der Waals surface area contributed by atoms with Crippen LogP contribution in [-0.4, -0.2) is 31.7 Å². The van der Waals surface area contributed by atoms with Crippen molar-refractivity contribution < 1.29 is 13.6 Å². The summed E-state index contributed by atoms with van der Waals surface area (Å²) >= 11 is 1.44. The quantitative estimate of drug-likeness (QED) is 0.635. The summed E-state index contributed by atoms with van der Waals surface area (Å²) in [5.74, 6) is -1.48. The Morgan fingerprint density at radius 1 is 1.25 bits per heavy atom. The van der Waals surface area contributed by atoms with Gasteiger partial charge in [-0.25, -0.2) is 18.3 Å². The number of nitrogens with zero attached hydrogens (tertiary/aromatic N) is 4. The lowest BCUT2D eigenvalue weighted by Gasteiger charge is -2.15. The van der Waals surface area contributed by atoms with Crippen molar-refractivity contribution >= 4 is 23.4 Å². The van der Waals surface area contributed by atoms with Gasteiger partial charge in [-0.15, -0.1) is 5.10 Å².